The van der Waals surface area contributed by atoms with Crippen molar-refractivity contribution in [3.63, 3.8) is 0 Å². The van der Waals surface area contributed by atoms with Gasteiger partial charge in [0.2, 0.25) is 0 Å². The number of benzene rings is 1. The van der Waals surface area contributed by atoms with Crippen molar-refractivity contribution in [2.75, 3.05) is 0 Å². The summed E-state index contributed by atoms with van der Waals surface area (Å²) in [5, 5.41) is 20.1. The highest BCUT2D eigenvalue weighted by Gasteiger charge is 2.31. The molecule has 0 aliphatic rings. The summed E-state index contributed by atoms with van der Waals surface area (Å²) in [5.41, 5.74) is 2.51. The van der Waals surface area contributed by atoms with Crippen molar-refractivity contribution >= 4 is 11.9 Å². The molecule has 0 aliphatic heterocycles. The van der Waals surface area contributed by atoms with Crippen LogP contribution in [-0.2, 0) is 16.0 Å². The first-order chi connectivity index (χ1) is 14.2. The van der Waals surface area contributed by atoms with Crippen molar-refractivity contribution in [1.82, 2.24) is 0 Å². The first-order valence-electron chi connectivity index (χ1n) is 11.8. The summed E-state index contributed by atoms with van der Waals surface area (Å²) >= 11 is 0. The summed E-state index contributed by atoms with van der Waals surface area (Å²) in [5.74, 6) is -2.18. The second-order valence-corrected chi connectivity index (χ2v) is 9.45. The molecule has 1 aromatic carbocycles. The van der Waals surface area contributed by atoms with E-state index in [1.807, 2.05) is 18.2 Å². The number of aliphatic carboxylic acids is 2. The van der Waals surface area contributed by atoms with E-state index in [4.69, 9.17) is 0 Å². The molecule has 170 valence electrons. The van der Waals surface area contributed by atoms with E-state index in [-0.39, 0.29) is 0 Å². The Hall–Kier alpha value is -1.84. The quantitative estimate of drug-likeness (QED) is 0.300. The molecule has 30 heavy (non-hydrogen) atoms. The Bertz CT molecular complexity index is 663. The van der Waals surface area contributed by atoms with Crippen molar-refractivity contribution < 1.29 is 19.8 Å². The van der Waals surface area contributed by atoms with Gasteiger partial charge in [0.25, 0.3) is 0 Å². The van der Waals surface area contributed by atoms with Gasteiger partial charge in [-0.2, -0.15) is 0 Å². The third kappa shape index (κ3) is 8.49. The van der Waals surface area contributed by atoms with Crippen molar-refractivity contribution in [2.24, 2.45) is 11.8 Å². The number of carbonyl (C=O) groups is 2. The Balaban J connectivity index is 3.42. The average molecular weight is 419 g/mol. The fourth-order valence-corrected chi connectivity index (χ4v) is 4.13. The number of carboxylic acid groups (broad SMARTS) is 2. The van der Waals surface area contributed by atoms with Gasteiger partial charge < -0.3 is 10.2 Å². The normalized spacial score (nSPS) is 13.6. The molecule has 1 aromatic rings. The van der Waals surface area contributed by atoms with Gasteiger partial charge in [-0.3, -0.25) is 9.59 Å². The topological polar surface area (TPSA) is 74.6 Å². The Morgan fingerprint density at radius 2 is 1.37 bits per heavy atom. The van der Waals surface area contributed by atoms with Gasteiger partial charge in [0, 0.05) is 0 Å². The van der Waals surface area contributed by atoms with Crippen LogP contribution in [0.25, 0.3) is 0 Å². The SMILES string of the molecule is CCCCCCc1cccc(C(CCC(C)C)C(=O)O)c1C(CCC(C)C)C(=O)O. The molecular weight excluding hydrogens is 376 g/mol. The van der Waals surface area contributed by atoms with Gasteiger partial charge in [0.15, 0.2) is 0 Å². The molecule has 0 aliphatic carbocycles. The molecule has 0 amide bonds. The molecule has 0 bridgehead atoms. The molecule has 0 aromatic heterocycles. The van der Waals surface area contributed by atoms with Crippen LogP contribution in [0.5, 0.6) is 0 Å². The summed E-state index contributed by atoms with van der Waals surface area (Å²) in [6.07, 6.45) is 7.94. The first-order valence-corrected chi connectivity index (χ1v) is 11.8. The van der Waals surface area contributed by atoms with E-state index < -0.39 is 23.8 Å². The lowest BCUT2D eigenvalue weighted by Crippen LogP contribution is -2.21. The molecule has 1 rings (SSSR count). The highest BCUT2D eigenvalue weighted by atomic mass is 16.4. The lowest BCUT2D eigenvalue weighted by Gasteiger charge is -2.25. The maximum Gasteiger partial charge on any atom is 0.310 e. The van der Waals surface area contributed by atoms with Crippen molar-refractivity contribution in [2.45, 2.75) is 104 Å². The van der Waals surface area contributed by atoms with Crippen molar-refractivity contribution in [3.8, 4) is 0 Å². The summed E-state index contributed by atoms with van der Waals surface area (Å²) in [6, 6.07) is 5.79. The van der Waals surface area contributed by atoms with Crippen LogP contribution < -0.4 is 0 Å². The monoisotopic (exact) mass is 418 g/mol. The average Bonchev–Trinajstić information content (AvgIpc) is 2.65. The summed E-state index contributed by atoms with van der Waals surface area (Å²) in [4.78, 5) is 24.5. The van der Waals surface area contributed by atoms with Crippen LogP contribution in [0.3, 0.4) is 0 Å². The van der Waals surface area contributed by atoms with Crippen LogP contribution in [0.1, 0.15) is 115 Å². The van der Waals surface area contributed by atoms with E-state index in [1.165, 1.54) is 0 Å². The molecule has 4 heteroatoms. The van der Waals surface area contributed by atoms with Crippen LogP contribution in [0.2, 0.25) is 0 Å². The van der Waals surface area contributed by atoms with Gasteiger partial charge >= 0.3 is 11.9 Å². The lowest BCUT2D eigenvalue weighted by molar-refractivity contribution is -0.140. The van der Waals surface area contributed by atoms with E-state index in [0.29, 0.717) is 30.2 Å². The minimum Gasteiger partial charge on any atom is -0.481 e. The second kappa shape index (κ2) is 13.5. The molecule has 0 radical (unpaired) electrons. The van der Waals surface area contributed by atoms with Gasteiger partial charge in [-0.1, -0.05) is 72.1 Å². The largest absolute Gasteiger partial charge is 0.481 e. The van der Waals surface area contributed by atoms with E-state index >= 15 is 0 Å². The molecule has 2 N–H and O–H groups in total. The first kappa shape index (κ1) is 26.2. The Morgan fingerprint density at radius 3 is 1.87 bits per heavy atom. The van der Waals surface area contributed by atoms with Crippen molar-refractivity contribution in [3.05, 3.63) is 34.9 Å². The minimum atomic E-state index is -0.854. The lowest BCUT2D eigenvalue weighted by atomic mass is 9.78. The van der Waals surface area contributed by atoms with Gasteiger partial charge in [0.1, 0.15) is 0 Å². The fourth-order valence-electron chi connectivity index (χ4n) is 4.13. The maximum absolute atomic E-state index is 12.3. The second-order valence-electron chi connectivity index (χ2n) is 9.45. The zero-order valence-electron chi connectivity index (χ0n) is 19.6. The molecule has 0 spiro atoms. The van der Waals surface area contributed by atoms with Crippen LogP contribution in [-0.4, -0.2) is 22.2 Å². The molecule has 2 unspecified atom stereocenters. The van der Waals surface area contributed by atoms with Crippen LogP contribution >= 0.6 is 0 Å². The maximum atomic E-state index is 12.3. The molecule has 0 fully saturated rings. The van der Waals surface area contributed by atoms with Crippen LogP contribution in [0.4, 0.5) is 0 Å². The van der Waals surface area contributed by atoms with Gasteiger partial charge in [0.05, 0.1) is 11.8 Å². The predicted octanol–water partition coefficient (Wildman–Crippen LogP) is 7.02. The molecule has 4 nitrogen and oxygen atoms in total. The number of hydrogen-bond acceptors (Lipinski definition) is 2. The van der Waals surface area contributed by atoms with Crippen molar-refractivity contribution in [1.29, 1.82) is 0 Å². The van der Waals surface area contributed by atoms with E-state index in [2.05, 4.69) is 34.6 Å². The third-order valence-corrected chi connectivity index (χ3v) is 5.92. The summed E-state index contributed by atoms with van der Waals surface area (Å²) < 4.78 is 0. The van der Waals surface area contributed by atoms with Gasteiger partial charge in [-0.05, 0) is 67.1 Å². The number of rotatable bonds is 15. The predicted molar refractivity (Wildman–Crippen MR) is 123 cm³/mol. The Morgan fingerprint density at radius 1 is 0.800 bits per heavy atom. The zero-order valence-corrected chi connectivity index (χ0v) is 19.6. The third-order valence-electron chi connectivity index (χ3n) is 5.92. The fraction of sp³-hybridized carbons (Fsp3) is 0.692. The highest BCUT2D eigenvalue weighted by Crippen LogP contribution is 2.37. The summed E-state index contributed by atoms with van der Waals surface area (Å²) in [6.45, 7) is 10.5. The number of carboxylic acids is 2. The molecule has 0 saturated carbocycles. The van der Waals surface area contributed by atoms with Gasteiger partial charge in [-0.25, -0.2) is 0 Å². The minimum absolute atomic E-state index is 0.406. The standard InChI is InChI=1S/C26H42O4/c1-6-7-8-9-11-20-12-10-13-21(22(25(27)28)16-14-18(2)3)24(20)23(26(29)30)17-15-19(4)5/h10,12-13,18-19,22-23H,6-9,11,14-17H2,1-5H3,(H,27,28)(H,29,30). The Kier molecular flexibility index (Phi) is 11.8. The van der Waals surface area contributed by atoms with E-state index in [1.54, 1.807) is 0 Å². The highest BCUT2D eigenvalue weighted by molar-refractivity contribution is 5.81. The summed E-state index contributed by atoms with van der Waals surface area (Å²) in [7, 11) is 0. The Labute approximate surface area is 183 Å². The smallest absolute Gasteiger partial charge is 0.310 e. The van der Waals surface area contributed by atoms with Gasteiger partial charge in [-0.15, -0.1) is 0 Å². The van der Waals surface area contributed by atoms with Crippen LogP contribution in [0.15, 0.2) is 18.2 Å². The zero-order chi connectivity index (χ0) is 22.7. The number of hydrogen-bond donors (Lipinski definition) is 2. The molecule has 0 saturated heterocycles. The van der Waals surface area contributed by atoms with E-state index in [0.717, 1.165) is 56.1 Å². The number of unbranched alkanes of at least 4 members (excludes halogenated alkanes) is 3. The van der Waals surface area contributed by atoms with E-state index in [9.17, 15) is 19.8 Å². The molecule has 2 atom stereocenters. The number of aryl methyl sites for hydroxylation is 1. The van der Waals surface area contributed by atoms with Crippen LogP contribution in [0, 0.1) is 11.8 Å². The molecular formula is C26H42O4. The molecule has 0 heterocycles.